The Balaban J connectivity index is 2.15. The van der Waals surface area contributed by atoms with Gasteiger partial charge in [-0.1, -0.05) is 48.0 Å². The summed E-state index contributed by atoms with van der Waals surface area (Å²) in [6.45, 7) is 2.53. The van der Waals surface area contributed by atoms with Crippen LogP contribution in [0.15, 0.2) is 48.5 Å². The van der Waals surface area contributed by atoms with E-state index >= 15 is 0 Å². The minimum Gasteiger partial charge on any atom is -0.337 e. The van der Waals surface area contributed by atoms with Crippen molar-refractivity contribution in [3.63, 3.8) is 0 Å². The van der Waals surface area contributed by atoms with E-state index in [1.54, 1.807) is 18.0 Å². The van der Waals surface area contributed by atoms with E-state index in [9.17, 15) is 4.79 Å². The first-order valence-electron chi connectivity index (χ1n) is 6.13. The monoisotopic (exact) mass is 273 g/mol. The van der Waals surface area contributed by atoms with Crippen LogP contribution in [-0.4, -0.2) is 17.9 Å². The standard InChI is InChI=1S/C16H16ClNO/c1-12-8-9-14(15(17)10-12)16(19)18(2)11-13-6-4-3-5-7-13/h3-10H,11H2,1-2H3. The Morgan fingerprint density at radius 2 is 1.84 bits per heavy atom. The highest BCUT2D eigenvalue weighted by Gasteiger charge is 2.15. The first-order valence-corrected chi connectivity index (χ1v) is 6.51. The van der Waals surface area contributed by atoms with Gasteiger partial charge in [0, 0.05) is 13.6 Å². The predicted octanol–water partition coefficient (Wildman–Crippen LogP) is 3.92. The Labute approximate surface area is 118 Å². The van der Waals surface area contributed by atoms with Crippen molar-refractivity contribution in [1.82, 2.24) is 4.90 Å². The second-order valence-corrected chi connectivity index (χ2v) is 5.04. The number of carbonyl (C=O) groups excluding carboxylic acids is 1. The molecule has 0 N–H and O–H groups in total. The molecule has 98 valence electrons. The van der Waals surface area contributed by atoms with Gasteiger partial charge in [0.2, 0.25) is 0 Å². The van der Waals surface area contributed by atoms with Crippen LogP contribution in [0.1, 0.15) is 21.5 Å². The van der Waals surface area contributed by atoms with Crippen molar-refractivity contribution in [3.8, 4) is 0 Å². The summed E-state index contributed by atoms with van der Waals surface area (Å²) < 4.78 is 0. The van der Waals surface area contributed by atoms with Crippen LogP contribution in [0.5, 0.6) is 0 Å². The SMILES string of the molecule is Cc1ccc(C(=O)N(C)Cc2ccccc2)c(Cl)c1. The van der Waals surface area contributed by atoms with Gasteiger partial charge in [0.1, 0.15) is 0 Å². The molecule has 0 bridgehead atoms. The van der Waals surface area contributed by atoms with Gasteiger partial charge in [-0.2, -0.15) is 0 Å². The van der Waals surface area contributed by atoms with Crippen LogP contribution in [-0.2, 0) is 6.54 Å². The lowest BCUT2D eigenvalue weighted by molar-refractivity contribution is 0.0785. The van der Waals surface area contributed by atoms with Gasteiger partial charge >= 0.3 is 0 Å². The normalized spacial score (nSPS) is 10.3. The minimum absolute atomic E-state index is 0.0612. The minimum atomic E-state index is -0.0612. The first kappa shape index (κ1) is 13.6. The Kier molecular flexibility index (Phi) is 4.23. The van der Waals surface area contributed by atoms with E-state index in [2.05, 4.69) is 0 Å². The average molecular weight is 274 g/mol. The topological polar surface area (TPSA) is 20.3 Å². The fourth-order valence-corrected chi connectivity index (χ4v) is 2.24. The highest BCUT2D eigenvalue weighted by molar-refractivity contribution is 6.33. The highest BCUT2D eigenvalue weighted by Crippen LogP contribution is 2.19. The summed E-state index contributed by atoms with van der Waals surface area (Å²) in [7, 11) is 1.78. The van der Waals surface area contributed by atoms with Crippen LogP contribution in [0.25, 0.3) is 0 Å². The van der Waals surface area contributed by atoms with E-state index in [1.807, 2.05) is 49.4 Å². The zero-order valence-electron chi connectivity index (χ0n) is 11.1. The van der Waals surface area contributed by atoms with Crippen LogP contribution in [0.4, 0.5) is 0 Å². The fraction of sp³-hybridized carbons (Fsp3) is 0.188. The molecule has 0 aliphatic rings. The molecule has 0 heterocycles. The van der Waals surface area contributed by atoms with Gasteiger partial charge in [-0.3, -0.25) is 4.79 Å². The van der Waals surface area contributed by atoms with Gasteiger partial charge in [0.25, 0.3) is 5.91 Å². The van der Waals surface area contributed by atoms with Crippen LogP contribution < -0.4 is 0 Å². The fourth-order valence-electron chi connectivity index (χ4n) is 1.93. The summed E-state index contributed by atoms with van der Waals surface area (Å²) in [6.07, 6.45) is 0. The lowest BCUT2D eigenvalue weighted by Crippen LogP contribution is -2.26. The quantitative estimate of drug-likeness (QED) is 0.830. The van der Waals surface area contributed by atoms with Gasteiger partial charge in [-0.05, 0) is 30.2 Å². The number of hydrogen-bond acceptors (Lipinski definition) is 1. The van der Waals surface area contributed by atoms with Gasteiger partial charge < -0.3 is 4.90 Å². The smallest absolute Gasteiger partial charge is 0.255 e. The third-order valence-corrected chi connectivity index (χ3v) is 3.28. The molecule has 3 heteroatoms. The molecule has 0 atom stereocenters. The number of halogens is 1. The summed E-state index contributed by atoms with van der Waals surface area (Å²) in [6, 6.07) is 15.4. The highest BCUT2D eigenvalue weighted by atomic mass is 35.5. The first-order chi connectivity index (χ1) is 9.08. The van der Waals surface area contributed by atoms with Gasteiger partial charge in [0.05, 0.1) is 10.6 Å². The maximum atomic E-state index is 12.3. The molecule has 0 saturated heterocycles. The molecule has 2 nitrogen and oxygen atoms in total. The lowest BCUT2D eigenvalue weighted by Gasteiger charge is -2.18. The molecule has 19 heavy (non-hydrogen) atoms. The number of hydrogen-bond donors (Lipinski definition) is 0. The number of carbonyl (C=O) groups is 1. The third-order valence-electron chi connectivity index (χ3n) is 2.96. The molecule has 2 aromatic carbocycles. The van der Waals surface area contributed by atoms with E-state index in [0.717, 1.165) is 11.1 Å². The summed E-state index contributed by atoms with van der Waals surface area (Å²) in [5.74, 6) is -0.0612. The third kappa shape index (κ3) is 3.36. The van der Waals surface area contributed by atoms with Gasteiger partial charge in [0.15, 0.2) is 0 Å². The number of benzene rings is 2. The zero-order chi connectivity index (χ0) is 13.8. The molecule has 0 aromatic heterocycles. The summed E-state index contributed by atoms with van der Waals surface area (Å²) in [5, 5.41) is 0.505. The van der Waals surface area contributed by atoms with Crippen LogP contribution in [0, 0.1) is 6.92 Å². The Bertz CT molecular complexity index is 581. The van der Waals surface area contributed by atoms with E-state index in [1.165, 1.54) is 0 Å². The molecule has 0 radical (unpaired) electrons. The summed E-state index contributed by atoms with van der Waals surface area (Å²) in [5.41, 5.74) is 2.69. The Morgan fingerprint density at radius 1 is 1.16 bits per heavy atom. The maximum Gasteiger partial charge on any atom is 0.255 e. The zero-order valence-corrected chi connectivity index (χ0v) is 11.8. The van der Waals surface area contributed by atoms with Crippen molar-refractivity contribution in [2.45, 2.75) is 13.5 Å². The molecule has 0 aliphatic carbocycles. The molecular weight excluding hydrogens is 258 g/mol. The largest absolute Gasteiger partial charge is 0.337 e. The predicted molar refractivity (Wildman–Crippen MR) is 78.4 cm³/mol. The number of amides is 1. The van der Waals surface area contributed by atoms with E-state index in [-0.39, 0.29) is 5.91 Å². The van der Waals surface area contributed by atoms with Crippen molar-refractivity contribution >= 4 is 17.5 Å². The van der Waals surface area contributed by atoms with Crippen molar-refractivity contribution in [2.75, 3.05) is 7.05 Å². The van der Waals surface area contributed by atoms with Crippen LogP contribution >= 0.6 is 11.6 Å². The number of nitrogens with zero attached hydrogens (tertiary/aromatic N) is 1. The molecule has 0 spiro atoms. The molecule has 0 unspecified atom stereocenters. The van der Waals surface area contributed by atoms with Gasteiger partial charge in [-0.15, -0.1) is 0 Å². The molecule has 0 saturated carbocycles. The molecule has 0 aliphatic heterocycles. The van der Waals surface area contributed by atoms with E-state index in [0.29, 0.717) is 17.1 Å². The van der Waals surface area contributed by atoms with E-state index in [4.69, 9.17) is 11.6 Å². The molecule has 1 amide bonds. The molecule has 0 fully saturated rings. The summed E-state index contributed by atoms with van der Waals surface area (Å²) in [4.78, 5) is 14.0. The maximum absolute atomic E-state index is 12.3. The lowest BCUT2D eigenvalue weighted by atomic mass is 10.1. The second kappa shape index (κ2) is 5.89. The number of aryl methyl sites for hydroxylation is 1. The Hall–Kier alpha value is -1.80. The van der Waals surface area contributed by atoms with Crippen molar-refractivity contribution in [3.05, 3.63) is 70.2 Å². The number of rotatable bonds is 3. The molecule has 2 aromatic rings. The second-order valence-electron chi connectivity index (χ2n) is 4.63. The molecular formula is C16H16ClNO. The van der Waals surface area contributed by atoms with Gasteiger partial charge in [-0.25, -0.2) is 0 Å². The van der Waals surface area contributed by atoms with Crippen LogP contribution in [0.3, 0.4) is 0 Å². The van der Waals surface area contributed by atoms with Crippen molar-refractivity contribution < 1.29 is 4.79 Å². The average Bonchev–Trinajstić information content (AvgIpc) is 2.39. The van der Waals surface area contributed by atoms with Crippen molar-refractivity contribution in [2.24, 2.45) is 0 Å². The van der Waals surface area contributed by atoms with Crippen LogP contribution in [0.2, 0.25) is 5.02 Å². The Morgan fingerprint density at radius 3 is 2.47 bits per heavy atom. The molecule has 2 rings (SSSR count). The van der Waals surface area contributed by atoms with Crippen molar-refractivity contribution in [1.29, 1.82) is 0 Å². The van der Waals surface area contributed by atoms with E-state index < -0.39 is 0 Å². The summed E-state index contributed by atoms with van der Waals surface area (Å²) >= 11 is 6.12.